The molecule has 1 atom stereocenters. The largest absolute Gasteiger partial charge is 0.493 e. The molecule has 0 fully saturated rings. The molecule has 1 aromatic rings. The summed E-state index contributed by atoms with van der Waals surface area (Å²) in [6.07, 6.45) is 0.771. The number of ether oxygens (including phenoxy) is 2. The zero-order valence-corrected chi connectivity index (χ0v) is 13.9. The van der Waals surface area contributed by atoms with E-state index < -0.39 is 12.1 Å². The maximum atomic E-state index is 11.6. The summed E-state index contributed by atoms with van der Waals surface area (Å²) in [4.78, 5) is 22.4. The van der Waals surface area contributed by atoms with Crippen molar-refractivity contribution in [2.24, 2.45) is 0 Å². The number of methoxy groups -OCH3 is 1. The number of nitrogens with one attached hydrogen (secondary N) is 1. The van der Waals surface area contributed by atoms with E-state index >= 15 is 0 Å². The van der Waals surface area contributed by atoms with E-state index in [0.29, 0.717) is 19.4 Å². The number of hydrogen-bond acceptors (Lipinski definition) is 4. The van der Waals surface area contributed by atoms with Gasteiger partial charge in [-0.2, -0.15) is 0 Å². The number of unbranched alkanes of at least 4 members (excludes halogenated alkanes) is 1. The van der Waals surface area contributed by atoms with Crippen LogP contribution in [0.3, 0.4) is 0 Å². The van der Waals surface area contributed by atoms with Crippen molar-refractivity contribution in [2.45, 2.75) is 39.2 Å². The summed E-state index contributed by atoms with van der Waals surface area (Å²) in [7, 11) is 1.30. The van der Waals surface area contributed by atoms with E-state index in [1.807, 2.05) is 32.0 Å². The van der Waals surface area contributed by atoms with Crippen molar-refractivity contribution in [1.29, 1.82) is 0 Å². The van der Waals surface area contributed by atoms with Gasteiger partial charge in [0, 0.05) is 13.5 Å². The van der Waals surface area contributed by atoms with Gasteiger partial charge in [-0.15, -0.1) is 0 Å². The first-order valence-electron chi connectivity index (χ1n) is 7.66. The molecule has 1 amide bonds. The Morgan fingerprint density at radius 2 is 2.00 bits per heavy atom. The topological polar surface area (TPSA) is 84.9 Å². The molecule has 6 heteroatoms. The Morgan fingerprint density at radius 1 is 1.26 bits per heavy atom. The number of carbonyl (C=O) groups excluding carboxylic acids is 1. The highest BCUT2D eigenvalue weighted by molar-refractivity contribution is 5.78. The van der Waals surface area contributed by atoms with Crippen LogP contribution in [-0.2, 0) is 14.3 Å². The second kappa shape index (κ2) is 9.84. The van der Waals surface area contributed by atoms with Gasteiger partial charge in [0.05, 0.1) is 13.2 Å². The number of rotatable bonds is 10. The number of carbonyl (C=O) groups is 2. The first kappa shape index (κ1) is 19.0. The molecule has 0 saturated carbocycles. The minimum absolute atomic E-state index is 0.0242. The van der Waals surface area contributed by atoms with E-state index in [-0.39, 0.29) is 12.5 Å². The van der Waals surface area contributed by atoms with E-state index in [2.05, 4.69) is 5.32 Å². The van der Waals surface area contributed by atoms with Gasteiger partial charge in [-0.05, 0) is 43.9 Å². The highest BCUT2D eigenvalue weighted by Crippen LogP contribution is 2.19. The van der Waals surface area contributed by atoms with E-state index in [4.69, 9.17) is 14.6 Å². The Hall–Kier alpha value is -2.08. The standard InChI is InChI=1S/C17H25NO5/c1-12-7-8-13(2)14(10-12)23-9-5-4-6-16(19)18-11-15(22-3)17(20)21/h7-8,10,15H,4-6,9,11H2,1-3H3,(H,18,19)(H,20,21). The van der Waals surface area contributed by atoms with Crippen molar-refractivity contribution in [3.8, 4) is 5.75 Å². The van der Waals surface area contributed by atoms with Crippen molar-refractivity contribution in [3.63, 3.8) is 0 Å². The quantitative estimate of drug-likeness (QED) is 0.644. The number of amides is 1. The number of aryl methyl sites for hydroxylation is 2. The fourth-order valence-corrected chi connectivity index (χ4v) is 2.00. The maximum Gasteiger partial charge on any atom is 0.334 e. The predicted octanol–water partition coefficient (Wildman–Crippen LogP) is 2.07. The third kappa shape index (κ3) is 7.15. The number of carboxylic acids is 1. The van der Waals surface area contributed by atoms with Crippen molar-refractivity contribution < 1.29 is 24.2 Å². The fraction of sp³-hybridized carbons (Fsp3) is 0.529. The summed E-state index contributed by atoms with van der Waals surface area (Å²) in [5.74, 6) is -0.395. The normalized spacial score (nSPS) is 11.8. The smallest absolute Gasteiger partial charge is 0.334 e. The molecule has 0 radical (unpaired) electrons. The Kier molecular flexibility index (Phi) is 8.11. The van der Waals surface area contributed by atoms with Gasteiger partial charge < -0.3 is 19.9 Å². The molecule has 6 nitrogen and oxygen atoms in total. The minimum atomic E-state index is -1.09. The van der Waals surface area contributed by atoms with Gasteiger partial charge in [0.15, 0.2) is 6.10 Å². The lowest BCUT2D eigenvalue weighted by Crippen LogP contribution is -2.37. The number of carboxylic acid groups (broad SMARTS) is 1. The predicted molar refractivity (Wildman–Crippen MR) is 86.7 cm³/mol. The van der Waals surface area contributed by atoms with Gasteiger partial charge in [0.25, 0.3) is 0 Å². The molecule has 1 rings (SSSR count). The van der Waals surface area contributed by atoms with Crippen LogP contribution in [-0.4, -0.2) is 43.3 Å². The minimum Gasteiger partial charge on any atom is -0.493 e. The highest BCUT2D eigenvalue weighted by atomic mass is 16.5. The molecule has 0 saturated heterocycles. The van der Waals surface area contributed by atoms with E-state index in [9.17, 15) is 9.59 Å². The van der Waals surface area contributed by atoms with Gasteiger partial charge >= 0.3 is 5.97 Å². The first-order valence-corrected chi connectivity index (χ1v) is 7.66. The number of aliphatic carboxylic acids is 1. The van der Waals surface area contributed by atoms with Crippen LogP contribution in [0.5, 0.6) is 5.75 Å². The summed E-state index contributed by atoms with van der Waals surface area (Å²) in [5, 5.41) is 11.3. The van der Waals surface area contributed by atoms with Gasteiger partial charge in [0.2, 0.25) is 5.91 Å². The van der Waals surface area contributed by atoms with Gasteiger partial charge in [-0.1, -0.05) is 12.1 Å². The van der Waals surface area contributed by atoms with Crippen LogP contribution >= 0.6 is 0 Å². The fourth-order valence-electron chi connectivity index (χ4n) is 2.00. The summed E-state index contributed by atoms with van der Waals surface area (Å²) >= 11 is 0. The van der Waals surface area contributed by atoms with Crippen molar-refractivity contribution in [1.82, 2.24) is 5.32 Å². The highest BCUT2D eigenvalue weighted by Gasteiger charge is 2.16. The third-order valence-electron chi connectivity index (χ3n) is 3.44. The molecule has 0 aromatic heterocycles. The van der Waals surface area contributed by atoms with E-state index in [1.54, 1.807) is 0 Å². The van der Waals surface area contributed by atoms with Crippen molar-refractivity contribution >= 4 is 11.9 Å². The average molecular weight is 323 g/mol. The van der Waals surface area contributed by atoms with E-state index in [0.717, 1.165) is 23.3 Å². The van der Waals surface area contributed by atoms with Crippen LogP contribution in [0.4, 0.5) is 0 Å². The molecule has 1 aromatic carbocycles. The number of benzene rings is 1. The molecular formula is C17H25NO5. The van der Waals surface area contributed by atoms with Crippen LogP contribution < -0.4 is 10.1 Å². The lowest BCUT2D eigenvalue weighted by atomic mass is 10.1. The molecule has 23 heavy (non-hydrogen) atoms. The zero-order chi connectivity index (χ0) is 17.2. The Bertz CT molecular complexity index is 530. The third-order valence-corrected chi connectivity index (χ3v) is 3.44. The van der Waals surface area contributed by atoms with E-state index in [1.165, 1.54) is 7.11 Å². The molecule has 2 N–H and O–H groups in total. The van der Waals surface area contributed by atoms with Crippen molar-refractivity contribution in [3.05, 3.63) is 29.3 Å². The molecule has 0 aliphatic carbocycles. The Labute approximate surface area is 136 Å². The van der Waals surface area contributed by atoms with Crippen molar-refractivity contribution in [2.75, 3.05) is 20.3 Å². The molecule has 0 heterocycles. The second-order valence-corrected chi connectivity index (χ2v) is 5.44. The SMILES string of the molecule is COC(CNC(=O)CCCCOc1cc(C)ccc1C)C(=O)O. The molecule has 1 unspecified atom stereocenters. The van der Waals surface area contributed by atoms with Crippen LogP contribution in [0.25, 0.3) is 0 Å². The maximum absolute atomic E-state index is 11.6. The number of hydrogen-bond donors (Lipinski definition) is 2. The van der Waals surface area contributed by atoms with Crippen LogP contribution in [0.2, 0.25) is 0 Å². The van der Waals surface area contributed by atoms with Gasteiger partial charge in [-0.3, -0.25) is 4.79 Å². The van der Waals surface area contributed by atoms with Gasteiger partial charge in [-0.25, -0.2) is 4.79 Å². The molecule has 0 bridgehead atoms. The summed E-state index contributed by atoms with van der Waals surface area (Å²) in [5.41, 5.74) is 2.24. The first-order chi connectivity index (χ1) is 10.9. The molecule has 0 aliphatic rings. The molecule has 128 valence electrons. The Balaban J connectivity index is 2.18. The summed E-state index contributed by atoms with van der Waals surface area (Å²) in [6.45, 7) is 4.54. The zero-order valence-electron chi connectivity index (χ0n) is 13.9. The Morgan fingerprint density at radius 3 is 2.65 bits per heavy atom. The summed E-state index contributed by atoms with van der Waals surface area (Å²) < 4.78 is 10.5. The lowest BCUT2D eigenvalue weighted by molar-refractivity contribution is -0.148. The van der Waals surface area contributed by atoms with Gasteiger partial charge in [0.1, 0.15) is 5.75 Å². The van der Waals surface area contributed by atoms with Crippen LogP contribution in [0.1, 0.15) is 30.4 Å². The summed E-state index contributed by atoms with van der Waals surface area (Å²) in [6, 6.07) is 6.06. The monoisotopic (exact) mass is 323 g/mol. The molecule has 0 spiro atoms. The molecule has 0 aliphatic heterocycles. The second-order valence-electron chi connectivity index (χ2n) is 5.44. The lowest BCUT2D eigenvalue weighted by Gasteiger charge is -2.12. The van der Waals surface area contributed by atoms with Crippen LogP contribution in [0.15, 0.2) is 18.2 Å². The molecular weight excluding hydrogens is 298 g/mol. The van der Waals surface area contributed by atoms with Crippen LogP contribution in [0, 0.1) is 13.8 Å². The average Bonchev–Trinajstić information content (AvgIpc) is 2.50.